The lowest BCUT2D eigenvalue weighted by molar-refractivity contribution is -0.121. The van der Waals surface area contributed by atoms with E-state index in [9.17, 15) is 14.7 Å². The van der Waals surface area contributed by atoms with Crippen molar-refractivity contribution in [3.05, 3.63) is 12.7 Å². The molecule has 0 bridgehead atoms. The van der Waals surface area contributed by atoms with Gasteiger partial charge in [-0.05, 0) is 19.3 Å². The van der Waals surface area contributed by atoms with Gasteiger partial charge in [-0.15, -0.1) is 0 Å². The predicted octanol–water partition coefficient (Wildman–Crippen LogP) is -0.0203. The second-order valence-electron chi connectivity index (χ2n) is 5.95. The molecule has 2 atom stereocenters. The number of amides is 2. The number of carbonyl (C=O) groups is 2. The molecule has 2 heterocycles. The molecule has 0 aromatic carbocycles. The van der Waals surface area contributed by atoms with Gasteiger partial charge in [0.1, 0.15) is 12.6 Å². The Labute approximate surface area is 146 Å². The highest BCUT2D eigenvalue weighted by atomic mass is 32.1. The molecule has 0 aromatic heterocycles. The third kappa shape index (κ3) is 4.64. The van der Waals surface area contributed by atoms with E-state index in [1.165, 1.54) is 11.0 Å². The summed E-state index contributed by atoms with van der Waals surface area (Å²) in [5.41, 5.74) is 5.91. The topological polar surface area (TPSA) is 108 Å². The van der Waals surface area contributed by atoms with Gasteiger partial charge in [0.2, 0.25) is 0 Å². The molecule has 9 heteroatoms. The van der Waals surface area contributed by atoms with Gasteiger partial charge in [-0.1, -0.05) is 12.7 Å². The molecule has 0 aromatic rings. The lowest BCUT2D eigenvalue weighted by atomic mass is 10.1. The Bertz CT molecular complexity index is 520. The summed E-state index contributed by atoms with van der Waals surface area (Å²) in [4.78, 5) is 31.5. The van der Waals surface area contributed by atoms with E-state index in [1.807, 2.05) is 0 Å². The first-order valence-electron chi connectivity index (χ1n) is 7.95. The highest BCUT2D eigenvalue weighted by Crippen LogP contribution is 2.24. The molecule has 2 saturated heterocycles. The number of thiol groups is 1. The van der Waals surface area contributed by atoms with Gasteiger partial charge in [0.25, 0.3) is 5.91 Å². The number of nitrogens with zero attached hydrogens (tertiary/aromatic N) is 3. The molecule has 2 aliphatic rings. The van der Waals surface area contributed by atoms with Crippen LogP contribution in [0.5, 0.6) is 0 Å². The molecule has 2 amide bonds. The van der Waals surface area contributed by atoms with Crippen LogP contribution in [0, 0.1) is 0 Å². The van der Waals surface area contributed by atoms with E-state index in [2.05, 4.69) is 24.2 Å². The zero-order valence-corrected chi connectivity index (χ0v) is 14.4. The van der Waals surface area contributed by atoms with Gasteiger partial charge >= 0.3 is 6.09 Å². The smallest absolute Gasteiger partial charge is 0.410 e. The molecule has 2 fully saturated rings. The molecule has 134 valence electrons. The quantitative estimate of drug-likeness (QED) is 0.284. The first kappa shape index (κ1) is 18.6. The van der Waals surface area contributed by atoms with Gasteiger partial charge in [0.05, 0.1) is 6.10 Å². The number of hydrogen-bond donors (Lipinski definition) is 3. The Morgan fingerprint density at radius 2 is 2.08 bits per heavy atom. The highest BCUT2D eigenvalue weighted by molar-refractivity contribution is 7.81. The average Bonchev–Trinajstić information content (AvgIpc) is 2.95. The fraction of sp³-hybridized carbons (Fsp3) is 0.667. The number of likely N-dealkylation sites (tertiary alicyclic amines) is 2. The molecule has 0 radical (unpaired) electrons. The van der Waals surface area contributed by atoms with E-state index >= 15 is 0 Å². The number of nitrogens with two attached hydrogens (primary N) is 1. The number of ether oxygens (including phenoxy) is 1. The molecule has 0 aliphatic carbocycles. The van der Waals surface area contributed by atoms with Crippen LogP contribution >= 0.6 is 12.6 Å². The lowest BCUT2D eigenvalue weighted by Crippen LogP contribution is -2.46. The number of guanidine groups is 1. The summed E-state index contributed by atoms with van der Waals surface area (Å²) in [7, 11) is 0. The van der Waals surface area contributed by atoms with Crippen molar-refractivity contribution in [1.82, 2.24) is 9.80 Å². The van der Waals surface area contributed by atoms with E-state index in [0.717, 1.165) is 0 Å². The Morgan fingerprint density at radius 1 is 1.42 bits per heavy atom. The third-order valence-corrected chi connectivity index (χ3v) is 4.51. The summed E-state index contributed by atoms with van der Waals surface area (Å²) in [5, 5.41) is 9.40. The second kappa shape index (κ2) is 8.39. The molecular formula is C15H24N4O4S. The number of rotatable bonds is 3. The van der Waals surface area contributed by atoms with Crippen molar-refractivity contribution in [3.8, 4) is 0 Å². The zero-order chi connectivity index (χ0) is 17.7. The van der Waals surface area contributed by atoms with Crippen LogP contribution < -0.4 is 5.73 Å². The fourth-order valence-corrected chi connectivity index (χ4v) is 3.19. The van der Waals surface area contributed by atoms with Gasteiger partial charge in [-0.2, -0.15) is 17.6 Å². The number of aliphatic hydroxyl groups excluding tert-OH is 1. The minimum atomic E-state index is -0.723. The number of hydrogen-bond acceptors (Lipinski definition) is 5. The lowest BCUT2D eigenvalue weighted by Gasteiger charge is -2.30. The number of piperidine rings is 1. The van der Waals surface area contributed by atoms with E-state index in [4.69, 9.17) is 10.5 Å². The second-order valence-corrected chi connectivity index (χ2v) is 6.68. The fourth-order valence-electron chi connectivity index (χ4n) is 2.82. The van der Waals surface area contributed by atoms with Gasteiger partial charge in [0.15, 0.2) is 5.96 Å². The average molecular weight is 356 g/mol. The standard InChI is InChI=1S/C15H24N4O4S/c1-2-7-23-15(22)19-9-11(24)8-12(19)13(21)17-14(16)18-5-3-10(20)4-6-18/h2,10-12,20,24H,1,3-9H2,(H2,16,17,21)/t11-,12-/m0/s1. The van der Waals surface area contributed by atoms with Crippen molar-refractivity contribution in [3.63, 3.8) is 0 Å². The monoisotopic (exact) mass is 356 g/mol. The van der Waals surface area contributed by atoms with Crippen molar-refractivity contribution >= 4 is 30.6 Å². The van der Waals surface area contributed by atoms with Crippen LogP contribution in [0.2, 0.25) is 0 Å². The van der Waals surface area contributed by atoms with Crippen LogP contribution in [-0.4, -0.2) is 76.5 Å². The molecular weight excluding hydrogens is 332 g/mol. The molecule has 24 heavy (non-hydrogen) atoms. The number of carbonyl (C=O) groups excluding carboxylic acids is 2. The van der Waals surface area contributed by atoms with Crippen LogP contribution in [0.15, 0.2) is 17.6 Å². The van der Waals surface area contributed by atoms with Crippen molar-refractivity contribution in [2.45, 2.75) is 36.7 Å². The Morgan fingerprint density at radius 3 is 2.71 bits per heavy atom. The molecule has 2 rings (SSSR count). The summed E-state index contributed by atoms with van der Waals surface area (Å²) >= 11 is 4.35. The number of aliphatic imine (C=N–C) groups is 1. The maximum absolute atomic E-state index is 12.4. The first-order valence-corrected chi connectivity index (χ1v) is 8.47. The summed E-state index contributed by atoms with van der Waals surface area (Å²) in [6, 6.07) is -0.723. The van der Waals surface area contributed by atoms with Crippen LogP contribution in [0.3, 0.4) is 0 Å². The number of aliphatic hydroxyl groups is 1. The Balaban J connectivity index is 2.01. The van der Waals surface area contributed by atoms with Gasteiger partial charge in [0, 0.05) is 24.9 Å². The minimum absolute atomic E-state index is 0.0784. The van der Waals surface area contributed by atoms with Crippen molar-refractivity contribution in [2.24, 2.45) is 10.7 Å². The first-order chi connectivity index (χ1) is 11.4. The molecule has 0 spiro atoms. The molecule has 8 nitrogen and oxygen atoms in total. The van der Waals surface area contributed by atoms with Gasteiger partial charge in [-0.3, -0.25) is 9.69 Å². The minimum Gasteiger partial charge on any atom is -0.445 e. The van der Waals surface area contributed by atoms with E-state index in [0.29, 0.717) is 38.9 Å². The largest absolute Gasteiger partial charge is 0.445 e. The zero-order valence-electron chi connectivity index (χ0n) is 13.5. The Kier molecular flexibility index (Phi) is 6.50. The summed E-state index contributed by atoms with van der Waals surface area (Å²) in [6.45, 7) is 4.98. The van der Waals surface area contributed by atoms with Crippen molar-refractivity contribution in [2.75, 3.05) is 26.2 Å². The third-order valence-electron chi connectivity index (χ3n) is 4.14. The SMILES string of the molecule is C=CCOC(=O)N1C[C@@H](S)C[C@H]1C(=O)N=C(N)N1CCC(O)CC1. The molecule has 2 aliphatic heterocycles. The maximum atomic E-state index is 12.4. The van der Waals surface area contributed by atoms with Crippen LogP contribution in [0.25, 0.3) is 0 Å². The highest BCUT2D eigenvalue weighted by Gasteiger charge is 2.39. The van der Waals surface area contributed by atoms with E-state index < -0.39 is 18.0 Å². The normalized spacial score (nSPS) is 25.7. The van der Waals surface area contributed by atoms with E-state index in [1.54, 1.807) is 4.90 Å². The summed E-state index contributed by atoms with van der Waals surface area (Å²) < 4.78 is 5.00. The van der Waals surface area contributed by atoms with Crippen LogP contribution in [0.1, 0.15) is 19.3 Å². The summed E-state index contributed by atoms with van der Waals surface area (Å²) in [5.74, 6) is -0.361. The maximum Gasteiger partial charge on any atom is 0.410 e. The molecule has 3 N–H and O–H groups in total. The Hall–Kier alpha value is -1.74. The van der Waals surface area contributed by atoms with Crippen LogP contribution in [-0.2, 0) is 9.53 Å². The van der Waals surface area contributed by atoms with E-state index in [-0.39, 0.29) is 23.9 Å². The summed E-state index contributed by atoms with van der Waals surface area (Å²) in [6.07, 6.45) is 2.13. The van der Waals surface area contributed by atoms with Crippen molar-refractivity contribution in [1.29, 1.82) is 0 Å². The van der Waals surface area contributed by atoms with Crippen LogP contribution in [0.4, 0.5) is 4.79 Å². The van der Waals surface area contributed by atoms with Gasteiger partial charge < -0.3 is 20.5 Å². The molecule has 0 unspecified atom stereocenters. The predicted molar refractivity (Wildman–Crippen MR) is 92.9 cm³/mol. The van der Waals surface area contributed by atoms with Gasteiger partial charge in [-0.25, -0.2) is 4.79 Å². The molecule has 0 saturated carbocycles. The van der Waals surface area contributed by atoms with Crippen molar-refractivity contribution < 1.29 is 19.4 Å².